The number of phenols is 1. The molecule has 3 aromatic rings. The Labute approximate surface area is 126 Å². The van der Waals surface area contributed by atoms with E-state index >= 15 is 0 Å². The van der Waals surface area contributed by atoms with Crippen molar-refractivity contribution in [3.63, 3.8) is 0 Å². The van der Waals surface area contributed by atoms with Crippen molar-refractivity contribution in [3.8, 4) is 28.3 Å². The lowest BCUT2D eigenvalue weighted by atomic mass is 10.1. The second kappa shape index (κ2) is 5.69. The Bertz CT molecular complexity index is 813. The number of aromatic nitrogens is 3. The smallest absolute Gasteiger partial charge is 0.434 e. The zero-order valence-electron chi connectivity index (χ0n) is 11.8. The van der Waals surface area contributed by atoms with Gasteiger partial charge < -0.3 is 9.84 Å². The molecule has 2 heterocycles. The van der Waals surface area contributed by atoms with Gasteiger partial charge in [-0.25, -0.2) is 4.79 Å². The van der Waals surface area contributed by atoms with Crippen LogP contribution in [-0.2, 0) is 4.74 Å². The van der Waals surface area contributed by atoms with Crippen molar-refractivity contribution < 1.29 is 14.6 Å². The third kappa shape index (κ3) is 2.54. The van der Waals surface area contributed by atoms with Crippen molar-refractivity contribution in [3.05, 3.63) is 54.9 Å². The predicted molar refractivity (Wildman–Crippen MR) is 80.4 cm³/mol. The first-order chi connectivity index (χ1) is 10.7. The number of hydrogen-bond acceptors (Lipinski definition) is 5. The average Bonchev–Trinajstić information content (AvgIpc) is 3.00. The molecule has 0 aliphatic rings. The normalized spacial score (nSPS) is 10.4. The van der Waals surface area contributed by atoms with E-state index in [2.05, 4.69) is 10.1 Å². The molecule has 0 bridgehead atoms. The number of carbonyl (C=O) groups excluding carboxylic acids is 1. The topological polar surface area (TPSA) is 77.2 Å². The third-order valence-electron chi connectivity index (χ3n) is 3.16. The number of phenolic OH excluding ortho intramolecular Hbond substituents is 1. The summed E-state index contributed by atoms with van der Waals surface area (Å²) in [7, 11) is 1.29. The lowest BCUT2D eigenvalue weighted by Gasteiger charge is -2.04. The van der Waals surface area contributed by atoms with Gasteiger partial charge in [-0.1, -0.05) is 12.1 Å². The maximum Gasteiger partial charge on any atom is 0.434 e. The Hall–Kier alpha value is -3.15. The van der Waals surface area contributed by atoms with E-state index in [1.54, 1.807) is 48.8 Å². The van der Waals surface area contributed by atoms with Crippen molar-refractivity contribution in [2.45, 2.75) is 0 Å². The predicted octanol–water partition coefficient (Wildman–Crippen LogP) is 2.93. The first kappa shape index (κ1) is 13.8. The molecule has 0 atom stereocenters. The number of carbonyl (C=O) groups is 1. The van der Waals surface area contributed by atoms with E-state index in [4.69, 9.17) is 4.74 Å². The molecule has 22 heavy (non-hydrogen) atoms. The molecule has 0 aliphatic carbocycles. The van der Waals surface area contributed by atoms with Crippen LogP contribution < -0.4 is 0 Å². The molecule has 1 aromatic carbocycles. The summed E-state index contributed by atoms with van der Waals surface area (Å²) in [5.41, 5.74) is 2.57. The number of hydrogen-bond donors (Lipinski definition) is 1. The molecule has 110 valence electrons. The maximum atomic E-state index is 11.9. The Balaban J connectivity index is 2.16. The van der Waals surface area contributed by atoms with Crippen LogP contribution in [0.1, 0.15) is 0 Å². The first-order valence-corrected chi connectivity index (χ1v) is 6.57. The summed E-state index contributed by atoms with van der Waals surface area (Å²) < 4.78 is 5.93. The minimum Gasteiger partial charge on any atom is -0.508 e. The minimum atomic E-state index is -0.603. The van der Waals surface area contributed by atoms with Crippen molar-refractivity contribution in [1.82, 2.24) is 14.8 Å². The fourth-order valence-electron chi connectivity index (χ4n) is 2.13. The third-order valence-corrected chi connectivity index (χ3v) is 3.16. The first-order valence-electron chi connectivity index (χ1n) is 6.57. The molecule has 0 spiro atoms. The van der Waals surface area contributed by atoms with Gasteiger partial charge in [-0.3, -0.25) is 4.98 Å². The Morgan fingerprint density at radius 2 is 2.00 bits per heavy atom. The lowest BCUT2D eigenvalue weighted by Crippen LogP contribution is -2.14. The number of aromatic hydroxyl groups is 1. The van der Waals surface area contributed by atoms with Gasteiger partial charge in [-0.05, 0) is 30.3 Å². The van der Waals surface area contributed by atoms with Gasteiger partial charge in [0.2, 0.25) is 0 Å². The summed E-state index contributed by atoms with van der Waals surface area (Å²) in [6, 6.07) is 12.0. The molecule has 0 amide bonds. The molecule has 2 aromatic heterocycles. The molecular weight excluding hydrogens is 282 g/mol. The largest absolute Gasteiger partial charge is 0.508 e. The van der Waals surface area contributed by atoms with Crippen molar-refractivity contribution in [1.29, 1.82) is 0 Å². The van der Waals surface area contributed by atoms with Crippen LogP contribution in [-0.4, -0.2) is 33.1 Å². The second-order valence-corrected chi connectivity index (χ2v) is 4.59. The summed E-state index contributed by atoms with van der Waals surface area (Å²) in [6.07, 6.45) is 2.72. The van der Waals surface area contributed by atoms with Gasteiger partial charge >= 0.3 is 6.09 Å². The van der Waals surface area contributed by atoms with Gasteiger partial charge in [0.1, 0.15) is 5.75 Å². The SMILES string of the molecule is COC(=O)n1nc(-c2cccnc2)cc1-c1cccc(O)c1. The highest BCUT2D eigenvalue weighted by Gasteiger charge is 2.17. The van der Waals surface area contributed by atoms with Gasteiger partial charge in [-0.15, -0.1) is 0 Å². The molecule has 3 rings (SSSR count). The van der Waals surface area contributed by atoms with Crippen LogP contribution in [0.25, 0.3) is 22.5 Å². The van der Waals surface area contributed by atoms with Crippen molar-refractivity contribution in [2.24, 2.45) is 0 Å². The molecular formula is C16H13N3O3. The zero-order valence-corrected chi connectivity index (χ0v) is 11.8. The van der Waals surface area contributed by atoms with E-state index in [1.807, 2.05) is 6.07 Å². The Morgan fingerprint density at radius 1 is 1.18 bits per heavy atom. The fourth-order valence-corrected chi connectivity index (χ4v) is 2.13. The van der Waals surface area contributed by atoms with E-state index in [0.29, 0.717) is 17.0 Å². The van der Waals surface area contributed by atoms with Gasteiger partial charge in [-0.2, -0.15) is 9.78 Å². The second-order valence-electron chi connectivity index (χ2n) is 4.59. The molecule has 0 radical (unpaired) electrons. The van der Waals surface area contributed by atoms with Crippen LogP contribution in [0.15, 0.2) is 54.9 Å². The fraction of sp³-hybridized carbons (Fsp3) is 0.0625. The van der Waals surface area contributed by atoms with E-state index < -0.39 is 6.09 Å². The summed E-state index contributed by atoms with van der Waals surface area (Å²) in [6.45, 7) is 0. The summed E-state index contributed by atoms with van der Waals surface area (Å²) in [4.78, 5) is 16.0. The number of ether oxygens (including phenoxy) is 1. The molecule has 0 fully saturated rings. The number of benzene rings is 1. The minimum absolute atomic E-state index is 0.109. The molecule has 0 aliphatic heterocycles. The average molecular weight is 295 g/mol. The van der Waals surface area contributed by atoms with Gasteiger partial charge in [0.15, 0.2) is 0 Å². The van der Waals surface area contributed by atoms with Crippen LogP contribution in [0.2, 0.25) is 0 Å². The van der Waals surface area contributed by atoms with E-state index in [0.717, 1.165) is 10.2 Å². The number of methoxy groups -OCH3 is 1. The molecule has 0 saturated carbocycles. The Morgan fingerprint density at radius 3 is 2.68 bits per heavy atom. The number of rotatable bonds is 2. The van der Waals surface area contributed by atoms with E-state index in [9.17, 15) is 9.90 Å². The van der Waals surface area contributed by atoms with Gasteiger partial charge in [0.25, 0.3) is 0 Å². The van der Waals surface area contributed by atoms with Crippen molar-refractivity contribution in [2.75, 3.05) is 7.11 Å². The molecule has 1 N–H and O–H groups in total. The highest BCUT2D eigenvalue weighted by atomic mass is 16.5. The van der Waals surface area contributed by atoms with Crippen LogP contribution >= 0.6 is 0 Å². The zero-order chi connectivity index (χ0) is 15.5. The van der Waals surface area contributed by atoms with Gasteiger partial charge in [0, 0.05) is 23.5 Å². The maximum absolute atomic E-state index is 11.9. The summed E-state index contributed by atoms with van der Waals surface area (Å²) in [5.74, 6) is 0.109. The van der Waals surface area contributed by atoms with Crippen LogP contribution in [0.3, 0.4) is 0 Å². The molecule has 6 heteroatoms. The quantitative estimate of drug-likeness (QED) is 0.786. The lowest BCUT2D eigenvalue weighted by molar-refractivity contribution is 0.169. The van der Waals surface area contributed by atoms with E-state index in [1.165, 1.54) is 7.11 Å². The molecule has 0 unspecified atom stereocenters. The highest BCUT2D eigenvalue weighted by Crippen LogP contribution is 2.28. The number of pyridine rings is 1. The standard InChI is InChI=1S/C16H13N3O3/c1-22-16(21)19-15(11-4-2-6-13(20)8-11)9-14(18-19)12-5-3-7-17-10-12/h2-10,20H,1H3. The van der Waals surface area contributed by atoms with E-state index in [-0.39, 0.29) is 5.75 Å². The molecule has 6 nitrogen and oxygen atoms in total. The van der Waals surface area contributed by atoms with Crippen LogP contribution in [0, 0.1) is 0 Å². The van der Waals surface area contributed by atoms with Crippen LogP contribution in [0.4, 0.5) is 4.79 Å². The van der Waals surface area contributed by atoms with Crippen molar-refractivity contribution >= 4 is 6.09 Å². The Kier molecular flexibility index (Phi) is 3.57. The highest BCUT2D eigenvalue weighted by molar-refractivity contribution is 5.80. The van der Waals surface area contributed by atoms with Crippen LogP contribution in [0.5, 0.6) is 5.75 Å². The summed E-state index contributed by atoms with van der Waals surface area (Å²) >= 11 is 0. The molecule has 0 saturated heterocycles. The monoisotopic (exact) mass is 295 g/mol. The van der Waals surface area contributed by atoms with Gasteiger partial charge in [0.05, 0.1) is 18.5 Å². The number of nitrogens with zero attached hydrogens (tertiary/aromatic N) is 3. The summed E-state index contributed by atoms with van der Waals surface area (Å²) in [5, 5.41) is 13.9.